The fraction of sp³-hybridized carbons (Fsp3) is 0.250. The van der Waals surface area contributed by atoms with Gasteiger partial charge in [-0.05, 0) is 36.0 Å². The summed E-state index contributed by atoms with van der Waals surface area (Å²) < 4.78 is 28.4. The van der Waals surface area contributed by atoms with Crippen molar-refractivity contribution < 1.29 is 13.6 Å². The van der Waals surface area contributed by atoms with E-state index >= 15 is 0 Å². The van der Waals surface area contributed by atoms with Crippen LogP contribution in [0.25, 0.3) is 21.0 Å². The van der Waals surface area contributed by atoms with E-state index in [1.54, 1.807) is 11.0 Å². The summed E-state index contributed by atoms with van der Waals surface area (Å²) in [6.45, 7) is 6.88. The number of anilines is 1. The van der Waals surface area contributed by atoms with Gasteiger partial charge in [-0.25, -0.2) is 13.8 Å². The van der Waals surface area contributed by atoms with E-state index in [1.165, 1.54) is 6.07 Å². The van der Waals surface area contributed by atoms with E-state index in [1.807, 2.05) is 36.4 Å². The largest absolute Gasteiger partial charge is 0.302 e. The predicted octanol–water partition coefficient (Wildman–Crippen LogP) is 5.72. The van der Waals surface area contributed by atoms with Crippen LogP contribution in [0, 0.1) is 11.6 Å². The minimum Gasteiger partial charge on any atom is -0.302 e. The van der Waals surface area contributed by atoms with Crippen LogP contribution in [0.1, 0.15) is 24.2 Å². The Bertz CT molecular complexity index is 1230. The number of nitrogens with zero attached hydrogens (tertiary/aromatic N) is 3. The number of hydrogen-bond acceptors (Lipinski definition) is 4. The SMILES string of the molecule is CCN(CC)CCN(C(=O)c1cccc2ccccc12)c1nc2c(F)cc(F)cc2s1. The van der Waals surface area contributed by atoms with Crippen molar-refractivity contribution in [3.63, 3.8) is 0 Å². The number of amides is 1. The van der Waals surface area contributed by atoms with E-state index in [0.29, 0.717) is 28.5 Å². The Kier molecular flexibility index (Phi) is 6.25. The van der Waals surface area contributed by atoms with Crippen LogP contribution in [0.5, 0.6) is 0 Å². The maximum absolute atomic E-state index is 14.3. The molecule has 1 aromatic heterocycles. The van der Waals surface area contributed by atoms with E-state index in [0.717, 1.165) is 41.3 Å². The molecule has 160 valence electrons. The lowest BCUT2D eigenvalue weighted by Gasteiger charge is -2.25. The second-order valence-corrected chi connectivity index (χ2v) is 8.25. The van der Waals surface area contributed by atoms with Gasteiger partial charge in [0.1, 0.15) is 11.3 Å². The average Bonchev–Trinajstić information content (AvgIpc) is 3.20. The van der Waals surface area contributed by atoms with Gasteiger partial charge in [-0.15, -0.1) is 0 Å². The smallest absolute Gasteiger partial charge is 0.260 e. The van der Waals surface area contributed by atoms with Gasteiger partial charge in [-0.2, -0.15) is 0 Å². The highest BCUT2D eigenvalue weighted by molar-refractivity contribution is 7.22. The Balaban J connectivity index is 1.79. The van der Waals surface area contributed by atoms with Gasteiger partial charge in [0.15, 0.2) is 10.9 Å². The van der Waals surface area contributed by atoms with Crippen molar-refractivity contribution in [2.45, 2.75) is 13.8 Å². The van der Waals surface area contributed by atoms with Crippen LogP contribution in [-0.4, -0.2) is 42.0 Å². The second-order valence-electron chi connectivity index (χ2n) is 7.24. The Morgan fingerprint density at radius 1 is 1.00 bits per heavy atom. The Morgan fingerprint density at radius 3 is 2.52 bits per heavy atom. The van der Waals surface area contributed by atoms with Crippen LogP contribution < -0.4 is 4.90 Å². The first-order valence-corrected chi connectivity index (χ1v) is 11.1. The quantitative estimate of drug-likeness (QED) is 0.370. The van der Waals surface area contributed by atoms with Gasteiger partial charge in [-0.3, -0.25) is 9.69 Å². The number of carbonyl (C=O) groups is 1. The van der Waals surface area contributed by atoms with Gasteiger partial charge in [0.05, 0.1) is 4.70 Å². The number of likely N-dealkylation sites (N-methyl/N-ethyl adjacent to an activating group) is 1. The third-order valence-corrected chi connectivity index (χ3v) is 6.46. The third-order valence-electron chi connectivity index (χ3n) is 5.43. The van der Waals surface area contributed by atoms with Gasteiger partial charge in [0.2, 0.25) is 0 Å². The molecule has 0 aliphatic carbocycles. The molecule has 0 saturated carbocycles. The average molecular weight is 440 g/mol. The van der Waals surface area contributed by atoms with Gasteiger partial charge < -0.3 is 4.90 Å². The molecule has 0 unspecified atom stereocenters. The minimum absolute atomic E-state index is 0.0833. The zero-order chi connectivity index (χ0) is 22.0. The molecule has 0 bridgehead atoms. The molecule has 0 N–H and O–H groups in total. The molecule has 0 aliphatic heterocycles. The first-order valence-electron chi connectivity index (χ1n) is 10.3. The third kappa shape index (κ3) is 4.29. The summed E-state index contributed by atoms with van der Waals surface area (Å²) in [5.74, 6) is -1.59. The maximum atomic E-state index is 14.3. The van der Waals surface area contributed by atoms with Crippen molar-refractivity contribution in [3.05, 3.63) is 71.8 Å². The molecule has 4 nitrogen and oxygen atoms in total. The number of carbonyl (C=O) groups excluding carboxylic acids is 1. The normalized spacial score (nSPS) is 11.5. The zero-order valence-electron chi connectivity index (χ0n) is 17.4. The van der Waals surface area contributed by atoms with Crippen molar-refractivity contribution >= 4 is 43.4 Å². The summed E-state index contributed by atoms with van der Waals surface area (Å²) in [5, 5.41) is 2.18. The number of aromatic nitrogens is 1. The second kappa shape index (κ2) is 9.08. The molecule has 0 spiro atoms. The van der Waals surface area contributed by atoms with Crippen molar-refractivity contribution in [1.29, 1.82) is 0 Å². The highest BCUT2D eigenvalue weighted by Gasteiger charge is 2.24. The molecule has 1 amide bonds. The van der Waals surface area contributed by atoms with Crippen molar-refractivity contribution in [2.24, 2.45) is 0 Å². The molecule has 0 fully saturated rings. The highest BCUT2D eigenvalue weighted by Crippen LogP contribution is 2.32. The minimum atomic E-state index is -0.723. The van der Waals surface area contributed by atoms with Crippen LogP contribution in [0.3, 0.4) is 0 Å². The molecular formula is C24H23F2N3OS. The van der Waals surface area contributed by atoms with Crippen LogP contribution in [0.15, 0.2) is 54.6 Å². The predicted molar refractivity (Wildman–Crippen MR) is 123 cm³/mol. The van der Waals surface area contributed by atoms with E-state index < -0.39 is 11.6 Å². The number of rotatable bonds is 7. The van der Waals surface area contributed by atoms with Gasteiger partial charge in [0.25, 0.3) is 5.91 Å². The highest BCUT2D eigenvalue weighted by atomic mass is 32.1. The van der Waals surface area contributed by atoms with E-state index in [2.05, 4.69) is 23.7 Å². The van der Waals surface area contributed by atoms with E-state index in [4.69, 9.17) is 0 Å². The number of thiazole rings is 1. The monoisotopic (exact) mass is 439 g/mol. The molecule has 0 radical (unpaired) electrons. The summed E-state index contributed by atoms with van der Waals surface area (Å²) in [7, 11) is 0. The standard InChI is InChI=1S/C24H23F2N3OS/c1-3-28(4-2)12-13-29(24-27-22-20(26)14-17(25)15-21(22)31-24)23(30)19-11-7-9-16-8-5-6-10-18(16)19/h5-11,14-15H,3-4,12-13H2,1-2H3. The number of fused-ring (bicyclic) bond motifs is 2. The lowest BCUT2D eigenvalue weighted by molar-refractivity contribution is 0.0985. The van der Waals surface area contributed by atoms with Crippen LogP contribution in [0.2, 0.25) is 0 Å². The number of halogens is 2. The van der Waals surface area contributed by atoms with Gasteiger partial charge in [0, 0.05) is 24.7 Å². The first-order chi connectivity index (χ1) is 15.0. The first kappa shape index (κ1) is 21.3. The number of benzene rings is 3. The van der Waals surface area contributed by atoms with Crippen LogP contribution in [0.4, 0.5) is 13.9 Å². The lowest BCUT2D eigenvalue weighted by atomic mass is 10.0. The Hall–Kier alpha value is -2.90. The number of hydrogen-bond donors (Lipinski definition) is 0. The van der Waals surface area contributed by atoms with Crippen molar-refractivity contribution in [2.75, 3.05) is 31.1 Å². The molecule has 4 rings (SSSR count). The fourth-order valence-electron chi connectivity index (χ4n) is 3.68. The summed E-state index contributed by atoms with van der Waals surface area (Å²) in [5.41, 5.74) is 0.642. The molecule has 31 heavy (non-hydrogen) atoms. The Morgan fingerprint density at radius 2 is 1.74 bits per heavy atom. The lowest BCUT2D eigenvalue weighted by Crippen LogP contribution is -2.39. The summed E-state index contributed by atoms with van der Waals surface area (Å²) >= 11 is 1.12. The fourth-order valence-corrected chi connectivity index (χ4v) is 4.71. The summed E-state index contributed by atoms with van der Waals surface area (Å²) in [4.78, 5) is 21.8. The summed E-state index contributed by atoms with van der Waals surface area (Å²) in [6.07, 6.45) is 0. The molecule has 0 atom stereocenters. The Labute approximate surface area is 183 Å². The summed E-state index contributed by atoms with van der Waals surface area (Å²) in [6, 6.07) is 15.4. The molecular weight excluding hydrogens is 416 g/mol. The van der Waals surface area contributed by atoms with Gasteiger partial charge in [-0.1, -0.05) is 61.6 Å². The van der Waals surface area contributed by atoms with Gasteiger partial charge >= 0.3 is 0 Å². The van der Waals surface area contributed by atoms with Crippen LogP contribution in [-0.2, 0) is 0 Å². The molecule has 7 heteroatoms. The molecule has 3 aromatic carbocycles. The van der Waals surface area contributed by atoms with Crippen molar-refractivity contribution in [1.82, 2.24) is 9.88 Å². The van der Waals surface area contributed by atoms with E-state index in [9.17, 15) is 13.6 Å². The molecule has 4 aromatic rings. The van der Waals surface area contributed by atoms with Crippen LogP contribution >= 0.6 is 11.3 Å². The molecule has 1 heterocycles. The molecule has 0 aliphatic rings. The van der Waals surface area contributed by atoms with E-state index in [-0.39, 0.29) is 11.4 Å². The molecule has 0 saturated heterocycles. The maximum Gasteiger partial charge on any atom is 0.260 e. The van der Waals surface area contributed by atoms with Crippen molar-refractivity contribution in [3.8, 4) is 0 Å². The topological polar surface area (TPSA) is 36.4 Å². The zero-order valence-corrected chi connectivity index (χ0v) is 18.3.